The molecule has 0 aliphatic rings. The van der Waals surface area contributed by atoms with Crippen molar-refractivity contribution in [1.29, 1.82) is 0 Å². The van der Waals surface area contributed by atoms with Crippen molar-refractivity contribution in [2.45, 2.75) is 0 Å². The first-order chi connectivity index (χ1) is 15.2. The lowest BCUT2D eigenvalue weighted by Crippen LogP contribution is -2.08. The van der Waals surface area contributed by atoms with E-state index in [1.165, 1.54) is 0 Å². The molecule has 7 heteroatoms. The van der Waals surface area contributed by atoms with Crippen LogP contribution in [0, 0.1) is 11.8 Å². The number of hydrogen-bond donors (Lipinski definition) is 4. The molecule has 0 saturated carbocycles. The standard InChI is InChI=1S/C24H17N5O2/c30-10-2-5-22(31)29-17-4-1-3-15(11-17)16-12-20-21(14-28-24(20)27-13-16)18-6-8-25-23-19(18)7-9-26-23/h1,3-4,6-9,11-14,30H,10H2,(H,25,26)(H,27,28)(H,29,31). The highest BCUT2D eigenvalue weighted by Crippen LogP contribution is 2.34. The first-order valence-electron chi connectivity index (χ1n) is 9.63. The minimum atomic E-state index is -0.471. The predicted octanol–water partition coefficient (Wildman–Crippen LogP) is 3.71. The summed E-state index contributed by atoms with van der Waals surface area (Å²) in [6.07, 6.45) is 7.42. The normalized spacial score (nSPS) is 10.7. The van der Waals surface area contributed by atoms with Gasteiger partial charge in [-0.15, -0.1) is 0 Å². The van der Waals surface area contributed by atoms with E-state index in [2.05, 4.69) is 43.2 Å². The van der Waals surface area contributed by atoms with E-state index in [-0.39, 0.29) is 6.61 Å². The summed E-state index contributed by atoms with van der Waals surface area (Å²) in [7, 11) is 0. The summed E-state index contributed by atoms with van der Waals surface area (Å²) in [4.78, 5) is 27.2. The molecule has 5 aromatic rings. The fraction of sp³-hybridized carbons (Fsp3) is 0.0417. The molecule has 0 atom stereocenters. The number of aliphatic hydroxyl groups excluding tert-OH is 1. The summed E-state index contributed by atoms with van der Waals surface area (Å²) < 4.78 is 0. The fourth-order valence-corrected chi connectivity index (χ4v) is 3.64. The van der Waals surface area contributed by atoms with E-state index in [1.807, 2.05) is 42.7 Å². The summed E-state index contributed by atoms with van der Waals surface area (Å²) in [6.45, 7) is -0.356. The van der Waals surface area contributed by atoms with Crippen molar-refractivity contribution >= 4 is 33.7 Å². The van der Waals surface area contributed by atoms with E-state index >= 15 is 0 Å². The van der Waals surface area contributed by atoms with E-state index in [0.717, 1.165) is 44.3 Å². The Hall–Kier alpha value is -4.41. The van der Waals surface area contributed by atoms with Crippen molar-refractivity contribution in [3.63, 3.8) is 0 Å². The Balaban J connectivity index is 1.55. The minimum Gasteiger partial charge on any atom is -0.384 e. The smallest absolute Gasteiger partial charge is 0.300 e. The summed E-state index contributed by atoms with van der Waals surface area (Å²) in [5.41, 5.74) is 6.19. The molecular formula is C24H17N5O2. The van der Waals surface area contributed by atoms with Gasteiger partial charge in [0, 0.05) is 52.4 Å². The quantitative estimate of drug-likeness (QED) is 0.342. The molecule has 0 spiro atoms. The monoisotopic (exact) mass is 407 g/mol. The van der Waals surface area contributed by atoms with Crippen LogP contribution in [0.5, 0.6) is 0 Å². The lowest BCUT2D eigenvalue weighted by atomic mass is 10.0. The number of anilines is 1. The van der Waals surface area contributed by atoms with Crippen molar-refractivity contribution in [1.82, 2.24) is 19.9 Å². The Morgan fingerprint density at radius 3 is 2.81 bits per heavy atom. The van der Waals surface area contributed by atoms with Gasteiger partial charge in [-0.2, -0.15) is 0 Å². The summed E-state index contributed by atoms with van der Waals surface area (Å²) >= 11 is 0. The fourth-order valence-electron chi connectivity index (χ4n) is 3.64. The van der Waals surface area contributed by atoms with Gasteiger partial charge >= 0.3 is 0 Å². The molecule has 0 fully saturated rings. The highest BCUT2D eigenvalue weighted by atomic mass is 16.2. The Bertz CT molecular complexity index is 1490. The molecule has 0 bridgehead atoms. The average Bonchev–Trinajstić information content (AvgIpc) is 3.44. The van der Waals surface area contributed by atoms with Gasteiger partial charge < -0.3 is 20.4 Å². The number of rotatable bonds is 3. The Kier molecular flexibility index (Phi) is 4.67. The van der Waals surface area contributed by atoms with Gasteiger partial charge in [0.2, 0.25) is 0 Å². The maximum absolute atomic E-state index is 11.8. The molecule has 150 valence electrons. The molecule has 0 unspecified atom stereocenters. The second kappa shape index (κ2) is 7.78. The van der Waals surface area contributed by atoms with Crippen molar-refractivity contribution < 1.29 is 9.90 Å². The zero-order valence-corrected chi connectivity index (χ0v) is 16.3. The predicted molar refractivity (Wildman–Crippen MR) is 120 cm³/mol. The van der Waals surface area contributed by atoms with Gasteiger partial charge in [0.05, 0.1) is 0 Å². The van der Waals surface area contributed by atoms with Gasteiger partial charge in [-0.05, 0) is 47.4 Å². The molecule has 4 N–H and O–H groups in total. The maximum Gasteiger partial charge on any atom is 0.300 e. The van der Waals surface area contributed by atoms with Crippen LogP contribution in [0.1, 0.15) is 0 Å². The number of benzene rings is 1. The number of pyridine rings is 2. The van der Waals surface area contributed by atoms with E-state index in [1.54, 1.807) is 18.5 Å². The number of aromatic nitrogens is 4. The highest BCUT2D eigenvalue weighted by molar-refractivity contribution is 6.05. The molecule has 1 amide bonds. The van der Waals surface area contributed by atoms with E-state index in [4.69, 9.17) is 5.11 Å². The van der Waals surface area contributed by atoms with Crippen LogP contribution < -0.4 is 5.32 Å². The second-order valence-corrected chi connectivity index (χ2v) is 6.92. The molecule has 0 aliphatic carbocycles. The number of hydrogen-bond acceptors (Lipinski definition) is 4. The Morgan fingerprint density at radius 1 is 1.00 bits per heavy atom. The van der Waals surface area contributed by atoms with Crippen LogP contribution in [0.2, 0.25) is 0 Å². The van der Waals surface area contributed by atoms with Gasteiger partial charge in [-0.1, -0.05) is 18.1 Å². The van der Waals surface area contributed by atoms with Crippen LogP contribution in [0.4, 0.5) is 5.69 Å². The zero-order valence-electron chi connectivity index (χ0n) is 16.3. The van der Waals surface area contributed by atoms with Gasteiger partial charge in [0.15, 0.2) is 0 Å². The maximum atomic E-state index is 11.8. The molecule has 31 heavy (non-hydrogen) atoms. The number of nitrogens with one attached hydrogen (secondary N) is 3. The Morgan fingerprint density at radius 2 is 1.90 bits per heavy atom. The molecule has 4 heterocycles. The number of amides is 1. The topological polar surface area (TPSA) is 107 Å². The zero-order chi connectivity index (χ0) is 21.2. The Labute approximate surface area is 177 Å². The van der Waals surface area contributed by atoms with Crippen LogP contribution >= 0.6 is 0 Å². The molecule has 0 saturated heterocycles. The molecule has 7 nitrogen and oxygen atoms in total. The molecule has 0 aliphatic heterocycles. The van der Waals surface area contributed by atoms with Crippen LogP contribution in [-0.2, 0) is 4.79 Å². The first kappa shape index (κ1) is 18.6. The van der Waals surface area contributed by atoms with Crippen molar-refractivity contribution in [2.75, 3.05) is 11.9 Å². The van der Waals surface area contributed by atoms with E-state index in [9.17, 15) is 4.79 Å². The summed E-state index contributed by atoms with van der Waals surface area (Å²) in [5.74, 6) is 4.19. The summed E-state index contributed by atoms with van der Waals surface area (Å²) in [5, 5.41) is 13.5. The van der Waals surface area contributed by atoms with Crippen LogP contribution in [0.25, 0.3) is 44.3 Å². The minimum absolute atomic E-state index is 0.356. The van der Waals surface area contributed by atoms with Gasteiger partial charge in [0.1, 0.15) is 17.9 Å². The number of aromatic amines is 2. The van der Waals surface area contributed by atoms with Crippen LogP contribution in [-0.4, -0.2) is 37.6 Å². The SMILES string of the molecule is O=C(C#CCO)Nc1cccc(-c2cnc3[nH]cc(-c4ccnc5[nH]ccc45)c3c2)c1. The third-order valence-electron chi connectivity index (χ3n) is 5.02. The number of carbonyl (C=O) groups excluding carboxylic acids is 1. The average molecular weight is 407 g/mol. The summed E-state index contributed by atoms with van der Waals surface area (Å²) in [6, 6.07) is 13.6. The van der Waals surface area contributed by atoms with Crippen LogP contribution in [0.3, 0.4) is 0 Å². The molecular weight excluding hydrogens is 390 g/mol. The van der Waals surface area contributed by atoms with Crippen molar-refractivity contribution in [3.8, 4) is 34.1 Å². The first-order valence-corrected chi connectivity index (χ1v) is 9.63. The van der Waals surface area contributed by atoms with Gasteiger partial charge in [-0.3, -0.25) is 4.79 Å². The number of H-pyrrole nitrogens is 2. The van der Waals surface area contributed by atoms with Gasteiger partial charge in [0.25, 0.3) is 5.91 Å². The molecule has 0 radical (unpaired) electrons. The molecule has 5 rings (SSSR count). The largest absolute Gasteiger partial charge is 0.384 e. The molecule has 1 aromatic carbocycles. The number of fused-ring (bicyclic) bond motifs is 2. The van der Waals surface area contributed by atoms with Crippen molar-refractivity contribution in [3.05, 3.63) is 67.3 Å². The lowest BCUT2D eigenvalue weighted by molar-refractivity contribution is -0.111. The molecule has 4 aromatic heterocycles. The second-order valence-electron chi connectivity index (χ2n) is 6.92. The number of aliphatic hydroxyl groups is 1. The van der Waals surface area contributed by atoms with Crippen LogP contribution in [0.15, 0.2) is 67.3 Å². The lowest BCUT2D eigenvalue weighted by Gasteiger charge is -2.07. The van der Waals surface area contributed by atoms with Crippen molar-refractivity contribution in [2.24, 2.45) is 0 Å². The number of carbonyl (C=O) groups is 1. The number of nitrogens with zero attached hydrogens (tertiary/aromatic N) is 2. The van der Waals surface area contributed by atoms with Gasteiger partial charge in [-0.25, -0.2) is 9.97 Å². The van der Waals surface area contributed by atoms with E-state index in [0.29, 0.717) is 5.69 Å². The third kappa shape index (κ3) is 3.52. The highest BCUT2D eigenvalue weighted by Gasteiger charge is 2.13. The third-order valence-corrected chi connectivity index (χ3v) is 5.02. The van der Waals surface area contributed by atoms with E-state index < -0.39 is 5.91 Å².